The number of aryl methyl sites for hydroxylation is 1. The predicted octanol–water partition coefficient (Wildman–Crippen LogP) is 4.69. The zero-order valence-electron chi connectivity index (χ0n) is 13.6. The van der Waals surface area contributed by atoms with Gasteiger partial charge in [0.1, 0.15) is 16.8 Å². The molecule has 1 unspecified atom stereocenters. The van der Waals surface area contributed by atoms with Gasteiger partial charge in [-0.1, -0.05) is 35.9 Å². The number of halogens is 1. The third-order valence-electron chi connectivity index (χ3n) is 4.20. The zero-order valence-corrected chi connectivity index (χ0v) is 15.9. The average Bonchev–Trinajstić information content (AvgIpc) is 3.35. The minimum absolute atomic E-state index is 0.00674. The Morgan fingerprint density at radius 2 is 2.12 bits per heavy atom. The number of aromatic nitrogens is 2. The van der Waals surface area contributed by atoms with Crippen molar-refractivity contribution in [3.63, 3.8) is 0 Å². The summed E-state index contributed by atoms with van der Waals surface area (Å²) in [5, 5.41) is 7.16. The number of hydrogen-bond donors (Lipinski definition) is 0. The van der Waals surface area contributed by atoms with Crippen molar-refractivity contribution in [3.8, 4) is 10.6 Å². The predicted molar refractivity (Wildman–Crippen MR) is 104 cm³/mol. The molecule has 0 aliphatic carbocycles. The molecule has 1 fully saturated rings. The average molecular weight is 390 g/mol. The summed E-state index contributed by atoms with van der Waals surface area (Å²) in [7, 11) is 1.82. The van der Waals surface area contributed by atoms with Crippen LogP contribution in [0.1, 0.15) is 21.4 Å². The van der Waals surface area contributed by atoms with Crippen molar-refractivity contribution in [1.82, 2.24) is 14.7 Å². The van der Waals surface area contributed by atoms with E-state index in [9.17, 15) is 4.79 Å². The first-order valence-corrected chi connectivity index (χ1v) is 10.2. The van der Waals surface area contributed by atoms with E-state index in [-0.39, 0.29) is 11.3 Å². The summed E-state index contributed by atoms with van der Waals surface area (Å²) in [6.45, 7) is 0.707. The van der Waals surface area contributed by atoms with Gasteiger partial charge in [0.25, 0.3) is 5.91 Å². The lowest BCUT2D eigenvalue weighted by molar-refractivity contribution is 0.0749. The fourth-order valence-electron chi connectivity index (χ4n) is 2.97. The summed E-state index contributed by atoms with van der Waals surface area (Å²) < 4.78 is 1.67. The monoisotopic (exact) mass is 389 g/mol. The van der Waals surface area contributed by atoms with Gasteiger partial charge in [-0.3, -0.25) is 9.48 Å². The number of nitrogens with zero attached hydrogens (tertiary/aromatic N) is 3. The molecule has 1 aromatic carbocycles. The second kappa shape index (κ2) is 6.86. The fourth-order valence-corrected chi connectivity index (χ4v) is 5.25. The molecule has 0 bridgehead atoms. The van der Waals surface area contributed by atoms with E-state index in [0.29, 0.717) is 17.3 Å². The third kappa shape index (κ3) is 3.10. The lowest BCUT2D eigenvalue weighted by Gasteiger charge is -2.24. The van der Waals surface area contributed by atoms with Gasteiger partial charge in [-0.05, 0) is 23.6 Å². The first-order chi connectivity index (χ1) is 12.1. The van der Waals surface area contributed by atoms with Crippen molar-refractivity contribution < 1.29 is 4.79 Å². The van der Waals surface area contributed by atoms with Crippen molar-refractivity contribution >= 4 is 40.6 Å². The highest BCUT2D eigenvalue weighted by Gasteiger charge is 2.33. The molecule has 2 aromatic heterocycles. The molecule has 4 nitrogen and oxygen atoms in total. The first-order valence-electron chi connectivity index (χ1n) is 7.90. The highest BCUT2D eigenvalue weighted by atomic mass is 35.5. The molecule has 0 radical (unpaired) electrons. The summed E-state index contributed by atoms with van der Waals surface area (Å²) in [5.41, 5.74) is 2.42. The molecule has 1 aliphatic heterocycles. The number of benzene rings is 1. The maximum atomic E-state index is 13.2. The smallest absolute Gasteiger partial charge is 0.273 e. The molecule has 4 rings (SSSR count). The Labute approximate surface area is 159 Å². The molecule has 25 heavy (non-hydrogen) atoms. The van der Waals surface area contributed by atoms with Crippen LogP contribution in [0.25, 0.3) is 10.6 Å². The minimum atomic E-state index is -0.0544. The van der Waals surface area contributed by atoms with Gasteiger partial charge >= 0.3 is 0 Å². The molecule has 0 N–H and O–H groups in total. The Bertz CT molecular complexity index is 907. The van der Waals surface area contributed by atoms with Crippen LogP contribution in [0, 0.1) is 0 Å². The van der Waals surface area contributed by atoms with E-state index < -0.39 is 0 Å². The highest BCUT2D eigenvalue weighted by molar-refractivity contribution is 7.99. The minimum Gasteiger partial charge on any atom is -0.320 e. The molecule has 0 saturated carbocycles. The number of rotatable bonds is 3. The van der Waals surface area contributed by atoms with Crippen LogP contribution >= 0.6 is 34.7 Å². The number of thiophene rings is 1. The molecule has 3 aromatic rings. The zero-order chi connectivity index (χ0) is 17.4. The molecule has 7 heteroatoms. The summed E-state index contributed by atoms with van der Waals surface area (Å²) >= 11 is 9.72. The Kier molecular flexibility index (Phi) is 4.58. The van der Waals surface area contributed by atoms with Gasteiger partial charge < -0.3 is 4.90 Å². The number of hydrogen-bond acceptors (Lipinski definition) is 4. The van der Waals surface area contributed by atoms with E-state index in [1.807, 2.05) is 59.8 Å². The second-order valence-electron chi connectivity index (χ2n) is 5.76. The van der Waals surface area contributed by atoms with Crippen LogP contribution in [-0.2, 0) is 7.05 Å². The lowest BCUT2D eigenvalue weighted by Crippen LogP contribution is -2.32. The molecule has 0 spiro atoms. The highest BCUT2D eigenvalue weighted by Crippen LogP contribution is 2.41. The molecular weight excluding hydrogens is 374 g/mol. The summed E-state index contributed by atoms with van der Waals surface area (Å²) in [4.78, 5) is 16.1. The van der Waals surface area contributed by atoms with Crippen molar-refractivity contribution in [2.24, 2.45) is 7.05 Å². The molecule has 1 amide bonds. The summed E-state index contributed by atoms with van der Waals surface area (Å²) in [6, 6.07) is 13.6. The Balaban J connectivity index is 1.65. The van der Waals surface area contributed by atoms with Gasteiger partial charge in [-0.2, -0.15) is 5.10 Å². The van der Waals surface area contributed by atoms with Crippen molar-refractivity contribution in [3.05, 3.63) is 64.1 Å². The van der Waals surface area contributed by atoms with E-state index in [0.717, 1.165) is 21.9 Å². The molecule has 1 saturated heterocycles. The Hall–Kier alpha value is -1.76. The van der Waals surface area contributed by atoms with E-state index >= 15 is 0 Å². The number of carbonyl (C=O) groups is 1. The lowest BCUT2D eigenvalue weighted by atomic mass is 10.2. The van der Waals surface area contributed by atoms with Gasteiger partial charge in [-0.25, -0.2) is 0 Å². The second-order valence-corrected chi connectivity index (χ2v) is 8.30. The number of thioether (sulfide) groups is 1. The summed E-state index contributed by atoms with van der Waals surface area (Å²) in [5.74, 6) is 0.893. The van der Waals surface area contributed by atoms with E-state index in [4.69, 9.17) is 11.6 Å². The third-order valence-corrected chi connectivity index (χ3v) is 6.67. The fraction of sp³-hybridized carbons (Fsp3) is 0.222. The molecular formula is C18H16ClN3OS2. The molecule has 128 valence electrons. The maximum Gasteiger partial charge on any atom is 0.273 e. The first kappa shape index (κ1) is 16.7. The van der Waals surface area contributed by atoms with Crippen LogP contribution in [-0.4, -0.2) is 32.9 Å². The van der Waals surface area contributed by atoms with E-state index in [2.05, 4.69) is 5.10 Å². The Morgan fingerprint density at radius 3 is 2.88 bits per heavy atom. The van der Waals surface area contributed by atoms with E-state index in [1.165, 1.54) is 0 Å². The van der Waals surface area contributed by atoms with Gasteiger partial charge in [0, 0.05) is 29.9 Å². The van der Waals surface area contributed by atoms with Crippen molar-refractivity contribution in [2.75, 3.05) is 12.3 Å². The topological polar surface area (TPSA) is 38.1 Å². The van der Waals surface area contributed by atoms with Gasteiger partial charge in [0.05, 0.1) is 4.88 Å². The SMILES string of the molecule is Cn1nc(-c2cccs2)cc1C(=O)N1CCSC1c1ccccc1Cl. The van der Waals surface area contributed by atoms with Gasteiger partial charge in [0.15, 0.2) is 0 Å². The Morgan fingerprint density at radius 1 is 1.28 bits per heavy atom. The molecule has 1 aliphatic rings. The number of amides is 1. The van der Waals surface area contributed by atoms with Gasteiger partial charge in [-0.15, -0.1) is 23.1 Å². The standard InChI is InChI=1S/C18H16ClN3OS2/c1-21-15(11-14(20-21)16-7-4-9-24-16)17(23)22-8-10-25-18(22)12-5-2-3-6-13(12)19/h2-7,9,11,18H,8,10H2,1H3. The van der Waals surface area contributed by atoms with Crippen LogP contribution in [0.2, 0.25) is 5.02 Å². The van der Waals surface area contributed by atoms with Crippen LogP contribution in [0.4, 0.5) is 0 Å². The molecule has 3 heterocycles. The van der Waals surface area contributed by atoms with Crippen LogP contribution in [0.3, 0.4) is 0 Å². The van der Waals surface area contributed by atoms with Gasteiger partial charge in [0.2, 0.25) is 0 Å². The van der Waals surface area contributed by atoms with E-state index in [1.54, 1.807) is 27.8 Å². The normalized spacial score (nSPS) is 17.2. The van der Waals surface area contributed by atoms with Crippen LogP contribution < -0.4 is 0 Å². The summed E-state index contributed by atoms with van der Waals surface area (Å²) in [6.07, 6.45) is 0. The quantitative estimate of drug-likeness (QED) is 0.652. The maximum absolute atomic E-state index is 13.2. The van der Waals surface area contributed by atoms with Crippen molar-refractivity contribution in [2.45, 2.75) is 5.37 Å². The van der Waals surface area contributed by atoms with Crippen LogP contribution in [0.5, 0.6) is 0 Å². The van der Waals surface area contributed by atoms with Crippen molar-refractivity contribution in [1.29, 1.82) is 0 Å². The largest absolute Gasteiger partial charge is 0.320 e. The van der Waals surface area contributed by atoms with Crippen LogP contribution in [0.15, 0.2) is 47.8 Å². The molecule has 1 atom stereocenters. The number of carbonyl (C=O) groups excluding carboxylic acids is 1.